The second-order valence-corrected chi connectivity index (χ2v) is 7.18. The quantitative estimate of drug-likeness (QED) is 0.671. The van der Waals surface area contributed by atoms with Gasteiger partial charge in [-0.2, -0.15) is 0 Å². The minimum absolute atomic E-state index is 0.0260. The van der Waals surface area contributed by atoms with E-state index in [1.165, 1.54) is 11.1 Å². The van der Waals surface area contributed by atoms with Crippen LogP contribution in [0.2, 0.25) is 0 Å². The average molecular weight is 371 g/mol. The molecule has 0 unspecified atom stereocenters. The molecule has 0 aliphatic carbocycles. The van der Waals surface area contributed by atoms with Crippen molar-refractivity contribution in [3.63, 3.8) is 0 Å². The molecule has 0 N–H and O–H groups in total. The molecule has 4 rings (SSSR count). The first-order valence-electron chi connectivity index (χ1n) is 9.84. The topological polar surface area (TPSA) is 36.4 Å². The second-order valence-electron chi connectivity index (χ2n) is 7.18. The molecule has 1 amide bonds. The van der Waals surface area contributed by atoms with Crippen LogP contribution in [0.15, 0.2) is 73.1 Å². The van der Waals surface area contributed by atoms with Crippen LogP contribution < -0.4 is 4.90 Å². The van der Waals surface area contributed by atoms with Gasteiger partial charge in [0.05, 0.1) is 17.4 Å². The minimum Gasteiger partial charge on any atom is -0.366 e. The molecule has 0 saturated heterocycles. The van der Waals surface area contributed by atoms with Crippen molar-refractivity contribution in [3.8, 4) is 0 Å². The molecule has 2 heterocycles. The van der Waals surface area contributed by atoms with E-state index in [1.807, 2.05) is 42.3 Å². The first-order valence-corrected chi connectivity index (χ1v) is 9.84. The fraction of sp³-hybridized carbons (Fsp3) is 0.250. The SMILES string of the molecule is CCN(Cc1ccccc1)C(=O)c1cncc(N2CCc3ccccc3C2)c1. The Bertz CT molecular complexity index is 955. The molecule has 142 valence electrons. The number of rotatable bonds is 5. The lowest BCUT2D eigenvalue weighted by atomic mass is 9.99. The zero-order valence-corrected chi connectivity index (χ0v) is 16.2. The highest BCUT2D eigenvalue weighted by molar-refractivity contribution is 5.94. The predicted octanol–water partition coefficient (Wildman–Crippen LogP) is 4.31. The third-order valence-corrected chi connectivity index (χ3v) is 5.35. The van der Waals surface area contributed by atoms with Crippen LogP contribution in [0.3, 0.4) is 0 Å². The Labute approximate surface area is 166 Å². The molecule has 0 fully saturated rings. The molecule has 0 saturated carbocycles. The summed E-state index contributed by atoms with van der Waals surface area (Å²) < 4.78 is 0. The van der Waals surface area contributed by atoms with Crippen LogP contribution in [0.4, 0.5) is 5.69 Å². The van der Waals surface area contributed by atoms with E-state index in [-0.39, 0.29) is 5.91 Å². The van der Waals surface area contributed by atoms with Crippen molar-refractivity contribution >= 4 is 11.6 Å². The Balaban J connectivity index is 1.52. The van der Waals surface area contributed by atoms with Crippen LogP contribution in [0.1, 0.15) is 34.0 Å². The number of pyridine rings is 1. The summed E-state index contributed by atoms with van der Waals surface area (Å²) in [5.41, 5.74) is 5.56. The number of amides is 1. The number of aromatic nitrogens is 1. The standard InChI is InChI=1S/C24H25N3O/c1-2-26(17-19-8-4-3-5-9-19)24(28)22-14-23(16-25-15-22)27-13-12-20-10-6-7-11-21(20)18-27/h3-11,14-16H,2,12-13,17-18H2,1H3. The van der Waals surface area contributed by atoms with E-state index in [9.17, 15) is 4.79 Å². The first-order chi connectivity index (χ1) is 13.7. The van der Waals surface area contributed by atoms with Gasteiger partial charge in [-0.05, 0) is 36.1 Å². The maximum atomic E-state index is 13.1. The fourth-order valence-electron chi connectivity index (χ4n) is 3.75. The van der Waals surface area contributed by atoms with Gasteiger partial charge in [0, 0.05) is 32.4 Å². The smallest absolute Gasteiger partial charge is 0.255 e. The summed E-state index contributed by atoms with van der Waals surface area (Å²) in [7, 11) is 0. The number of nitrogens with zero attached hydrogens (tertiary/aromatic N) is 3. The van der Waals surface area contributed by atoms with E-state index in [4.69, 9.17) is 0 Å². The highest BCUT2D eigenvalue weighted by Gasteiger charge is 2.19. The van der Waals surface area contributed by atoms with Crippen molar-refractivity contribution in [1.82, 2.24) is 9.88 Å². The third kappa shape index (κ3) is 3.91. The largest absolute Gasteiger partial charge is 0.366 e. The molecule has 0 spiro atoms. The second kappa shape index (κ2) is 8.26. The zero-order chi connectivity index (χ0) is 19.3. The predicted molar refractivity (Wildman–Crippen MR) is 112 cm³/mol. The van der Waals surface area contributed by atoms with Crippen LogP contribution >= 0.6 is 0 Å². The number of anilines is 1. The molecule has 3 aromatic rings. The lowest BCUT2D eigenvalue weighted by molar-refractivity contribution is 0.0752. The Morgan fingerprint density at radius 1 is 1.04 bits per heavy atom. The van der Waals surface area contributed by atoms with E-state index in [2.05, 4.69) is 46.3 Å². The van der Waals surface area contributed by atoms with E-state index >= 15 is 0 Å². The Morgan fingerprint density at radius 3 is 2.57 bits per heavy atom. The molecule has 0 atom stereocenters. The van der Waals surface area contributed by atoms with E-state index in [1.54, 1.807) is 6.20 Å². The molecule has 28 heavy (non-hydrogen) atoms. The lowest BCUT2D eigenvalue weighted by Gasteiger charge is -2.31. The Hall–Kier alpha value is -3.14. The van der Waals surface area contributed by atoms with E-state index in [0.29, 0.717) is 18.7 Å². The van der Waals surface area contributed by atoms with Gasteiger partial charge < -0.3 is 9.80 Å². The van der Waals surface area contributed by atoms with Crippen LogP contribution in [0, 0.1) is 0 Å². The van der Waals surface area contributed by atoms with Gasteiger partial charge in [-0.3, -0.25) is 9.78 Å². The van der Waals surface area contributed by atoms with Crippen molar-refractivity contribution in [3.05, 3.63) is 95.3 Å². The van der Waals surface area contributed by atoms with Crippen molar-refractivity contribution < 1.29 is 4.79 Å². The van der Waals surface area contributed by atoms with Crippen LogP contribution in [-0.2, 0) is 19.5 Å². The summed E-state index contributed by atoms with van der Waals surface area (Å²) in [6.07, 6.45) is 4.55. The maximum Gasteiger partial charge on any atom is 0.255 e. The lowest BCUT2D eigenvalue weighted by Crippen LogP contribution is -2.32. The Kier molecular flexibility index (Phi) is 5.38. The van der Waals surface area contributed by atoms with Crippen LogP contribution in [0.5, 0.6) is 0 Å². The highest BCUT2D eigenvalue weighted by Crippen LogP contribution is 2.25. The summed E-state index contributed by atoms with van der Waals surface area (Å²) in [5, 5.41) is 0. The number of hydrogen-bond acceptors (Lipinski definition) is 3. The first kappa shape index (κ1) is 18.2. The van der Waals surface area contributed by atoms with Gasteiger partial charge in [-0.25, -0.2) is 0 Å². The maximum absolute atomic E-state index is 13.1. The van der Waals surface area contributed by atoms with Gasteiger partial charge in [-0.1, -0.05) is 54.6 Å². The molecule has 2 aromatic carbocycles. The fourth-order valence-corrected chi connectivity index (χ4v) is 3.75. The van der Waals surface area contributed by atoms with E-state index in [0.717, 1.165) is 30.8 Å². The highest BCUT2D eigenvalue weighted by atomic mass is 16.2. The van der Waals surface area contributed by atoms with Crippen molar-refractivity contribution in [2.24, 2.45) is 0 Å². The number of benzene rings is 2. The van der Waals surface area contributed by atoms with Gasteiger partial charge in [0.15, 0.2) is 0 Å². The minimum atomic E-state index is 0.0260. The Morgan fingerprint density at radius 2 is 1.79 bits per heavy atom. The van der Waals surface area contributed by atoms with Crippen molar-refractivity contribution in [1.29, 1.82) is 0 Å². The molecular formula is C24H25N3O. The van der Waals surface area contributed by atoms with Crippen molar-refractivity contribution in [2.45, 2.75) is 26.4 Å². The number of carbonyl (C=O) groups excluding carboxylic acids is 1. The van der Waals surface area contributed by atoms with Gasteiger partial charge >= 0.3 is 0 Å². The molecule has 4 heteroatoms. The average Bonchev–Trinajstić information content (AvgIpc) is 2.77. The summed E-state index contributed by atoms with van der Waals surface area (Å²) in [6, 6.07) is 20.7. The molecule has 1 aliphatic rings. The van der Waals surface area contributed by atoms with E-state index < -0.39 is 0 Å². The van der Waals surface area contributed by atoms with Crippen LogP contribution in [0.25, 0.3) is 0 Å². The third-order valence-electron chi connectivity index (χ3n) is 5.35. The summed E-state index contributed by atoms with van der Waals surface area (Å²) in [6.45, 7) is 5.08. The van der Waals surface area contributed by atoms with Crippen LogP contribution in [-0.4, -0.2) is 28.9 Å². The molecule has 1 aliphatic heterocycles. The van der Waals surface area contributed by atoms with Gasteiger partial charge in [-0.15, -0.1) is 0 Å². The normalized spacial score (nSPS) is 13.1. The van der Waals surface area contributed by atoms with Gasteiger partial charge in [0.1, 0.15) is 0 Å². The molecule has 4 nitrogen and oxygen atoms in total. The molecule has 0 bridgehead atoms. The molecular weight excluding hydrogens is 346 g/mol. The number of hydrogen-bond donors (Lipinski definition) is 0. The molecule has 1 aromatic heterocycles. The summed E-state index contributed by atoms with van der Waals surface area (Å²) in [5.74, 6) is 0.0260. The zero-order valence-electron chi connectivity index (χ0n) is 16.2. The summed E-state index contributed by atoms with van der Waals surface area (Å²) in [4.78, 5) is 21.6. The van der Waals surface area contributed by atoms with Crippen molar-refractivity contribution in [2.75, 3.05) is 18.0 Å². The monoisotopic (exact) mass is 371 g/mol. The summed E-state index contributed by atoms with van der Waals surface area (Å²) >= 11 is 0. The van der Waals surface area contributed by atoms with Gasteiger partial charge in [0.25, 0.3) is 5.91 Å². The van der Waals surface area contributed by atoms with Gasteiger partial charge in [0.2, 0.25) is 0 Å². The number of fused-ring (bicyclic) bond motifs is 1. The molecule has 0 radical (unpaired) electrons. The number of carbonyl (C=O) groups is 1.